The van der Waals surface area contributed by atoms with Crippen molar-refractivity contribution in [1.82, 2.24) is 4.98 Å². The number of aromatic nitrogens is 1. The van der Waals surface area contributed by atoms with Crippen LogP contribution in [0, 0.1) is 5.92 Å². The zero-order valence-electron chi connectivity index (χ0n) is 15.1. The highest BCUT2D eigenvalue weighted by molar-refractivity contribution is 7.22. The van der Waals surface area contributed by atoms with Crippen LogP contribution in [0.15, 0.2) is 48.5 Å². The van der Waals surface area contributed by atoms with Gasteiger partial charge in [-0.3, -0.25) is 14.5 Å². The van der Waals surface area contributed by atoms with Gasteiger partial charge in [0.1, 0.15) is 5.75 Å². The summed E-state index contributed by atoms with van der Waals surface area (Å²) in [5, 5.41) is 0.650. The Morgan fingerprint density at radius 3 is 2.67 bits per heavy atom. The van der Waals surface area contributed by atoms with Gasteiger partial charge in [0.2, 0.25) is 11.8 Å². The third kappa shape index (κ3) is 3.26. The summed E-state index contributed by atoms with van der Waals surface area (Å²) >= 11 is 1.48. The Kier molecular flexibility index (Phi) is 4.53. The van der Waals surface area contributed by atoms with Crippen LogP contribution in [0.25, 0.3) is 10.2 Å². The van der Waals surface area contributed by atoms with Crippen LogP contribution in [-0.2, 0) is 9.59 Å². The van der Waals surface area contributed by atoms with E-state index in [9.17, 15) is 9.59 Å². The van der Waals surface area contributed by atoms with Crippen molar-refractivity contribution < 1.29 is 14.3 Å². The lowest BCUT2D eigenvalue weighted by Crippen LogP contribution is -2.34. The molecular weight excluding hydrogens is 362 g/mol. The van der Waals surface area contributed by atoms with Gasteiger partial charge in [-0.05, 0) is 36.4 Å². The Bertz CT molecular complexity index is 966. The SMILES string of the molecule is COc1ccc(N2CC(C(=O)N(C)c3nc4ccccc4s3)CC2=O)cc1. The number of thiazole rings is 1. The third-order valence-electron chi connectivity index (χ3n) is 4.76. The van der Waals surface area contributed by atoms with E-state index in [1.807, 2.05) is 48.5 Å². The Hall–Kier alpha value is -2.93. The van der Waals surface area contributed by atoms with Gasteiger partial charge in [0.25, 0.3) is 0 Å². The lowest BCUT2D eigenvalue weighted by molar-refractivity contribution is -0.124. The van der Waals surface area contributed by atoms with Gasteiger partial charge in [0, 0.05) is 25.7 Å². The van der Waals surface area contributed by atoms with E-state index < -0.39 is 0 Å². The molecule has 0 aliphatic carbocycles. The maximum absolute atomic E-state index is 12.9. The predicted octanol–water partition coefficient (Wildman–Crippen LogP) is 3.32. The van der Waals surface area contributed by atoms with E-state index in [0.29, 0.717) is 11.7 Å². The molecule has 1 aliphatic rings. The molecule has 1 saturated heterocycles. The van der Waals surface area contributed by atoms with Gasteiger partial charge in [-0.25, -0.2) is 4.98 Å². The minimum Gasteiger partial charge on any atom is -0.497 e. The summed E-state index contributed by atoms with van der Waals surface area (Å²) in [5.41, 5.74) is 1.65. The quantitative estimate of drug-likeness (QED) is 0.696. The van der Waals surface area contributed by atoms with Crippen molar-refractivity contribution in [3.63, 3.8) is 0 Å². The van der Waals surface area contributed by atoms with Gasteiger partial charge >= 0.3 is 0 Å². The fourth-order valence-electron chi connectivity index (χ4n) is 3.26. The lowest BCUT2D eigenvalue weighted by Gasteiger charge is -2.19. The van der Waals surface area contributed by atoms with Crippen molar-refractivity contribution in [2.45, 2.75) is 6.42 Å². The van der Waals surface area contributed by atoms with E-state index in [4.69, 9.17) is 4.74 Å². The molecule has 2 heterocycles. The maximum atomic E-state index is 12.9. The van der Waals surface area contributed by atoms with E-state index in [0.717, 1.165) is 21.7 Å². The summed E-state index contributed by atoms with van der Waals surface area (Å²) in [6.45, 7) is 0.374. The number of carbonyl (C=O) groups excluding carboxylic acids is 2. The first-order valence-electron chi connectivity index (χ1n) is 8.64. The molecule has 3 aromatic rings. The van der Waals surface area contributed by atoms with Crippen LogP contribution in [-0.4, -0.2) is 37.5 Å². The average Bonchev–Trinajstić information content (AvgIpc) is 3.30. The smallest absolute Gasteiger partial charge is 0.233 e. The van der Waals surface area contributed by atoms with E-state index in [-0.39, 0.29) is 24.2 Å². The maximum Gasteiger partial charge on any atom is 0.233 e. The number of para-hydroxylation sites is 1. The second kappa shape index (κ2) is 7.00. The number of nitrogens with zero attached hydrogens (tertiary/aromatic N) is 3. The number of ether oxygens (including phenoxy) is 1. The highest BCUT2D eigenvalue weighted by Crippen LogP contribution is 2.31. The number of rotatable bonds is 4. The van der Waals surface area contributed by atoms with Crippen LogP contribution in [0.3, 0.4) is 0 Å². The van der Waals surface area contributed by atoms with Gasteiger partial charge in [-0.2, -0.15) is 0 Å². The molecule has 0 radical (unpaired) electrons. The normalized spacial score (nSPS) is 16.7. The zero-order chi connectivity index (χ0) is 19.0. The molecule has 1 aromatic heterocycles. The molecule has 7 heteroatoms. The van der Waals surface area contributed by atoms with Crippen LogP contribution in [0.5, 0.6) is 5.75 Å². The van der Waals surface area contributed by atoms with Crippen molar-refractivity contribution in [2.24, 2.45) is 5.92 Å². The van der Waals surface area contributed by atoms with Crippen molar-refractivity contribution >= 4 is 44.2 Å². The molecule has 138 valence electrons. The molecule has 0 spiro atoms. The molecule has 1 atom stereocenters. The monoisotopic (exact) mass is 381 g/mol. The largest absolute Gasteiger partial charge is 0.497 e. The van der Waals surface area contributed by atoms with Crippen LogP contribution < -0.4 is 14.5 Å². The van der Waals surface area contributed by atoms with Gasteiger partial charge in [0.05, 0.1) is 23.2 Å². The fraction of sp³-hybridized carbons (Fsp3) is 0.250. The predicted molar refractivity (Wildman–Crippen MR) is 106 cm³/mol. The minimum absolute atomic E-state index is 0.0452. The summed E-state index contributed by atoms with van der Waals surface area (Å²) in [6, 6.07) is 15.1. The molecule has 2 amide bonds. The third-order valence-corrected chi connectivity index (χ3v) is 5.87. The number of hydrogen-bond donors (Lipinski definition) is 0. The van der Waals surface area contributed by atoms with E-state index in [2.05, 4.69) is 4.98 Å². The van der Waals surface area contributed by atoms with Crippen LogP contribution in [0.4, 0.5) is 10.8 Å². The van der Waals surface area contributed by atoms with E-state index in [1.54, 1.807) is 24.0 Å². The second-order valence-electron chi connectivity index (χ2n) is 6.46. The van der Waals surface area contributed by atoms with Crippen molar-refractivity contribution in [3.05, 3.63) is 48.5 Å². The Balaban J connectivity index is 1.51. The van der Waals surface area contributed by atoms with Gasteiger partial charge in [-0.1, -0.05) is 23.5 Å². The number of hydrogen-bond acceptors (Lipinski definition) is 5. The Morgan fingerprint density at radius 1 is 1.22 bits per heavy atom. The van der Waals surface area contributed by atoms with Gasteiger partial charge in [0.15, 0.2) is 5.13 Å². The first-order chi connectivity index (χ1) is 13.1. The molecule has 4 rings (SSSR count). The van der Waals surface area contributed by atoms with E-state index in [1.165, 1.54) is 11.3 Å². The molecule has 0 saturated carbocycles. The summed E-state index contributed by atoms with van der Waals surface area (Å²) < 4.78 is 6.19. The zero-order valence-corrected chi connectivity index (χ0v) is 15.9. The highest BCUT2D eigenvalue weighted by Gasteiger charge is 2.37. The van der Waals surface area contributed by atoms with Gasteiger partial charge in [-0.15, -0.1) is 0 Å². The van der Waals surface area contributed by atoms with Crippen LogP contribution in [0.1, 0.15) is 6.42 Å². The van der Waals surface area contributed by atoms with Crippen molar-refractivity contribution in [1.29, 1.82) is 0 Å². The highest BCUT2D eigenvalue weighted by atomic mass is 32.1. The number of benzene rings is 2. The van der Waals surface area contributed by atoms with Crippen molar-refractivity contribution in [3.8, 4) is 5.75 Å². The molecule has 0 N–H and O–H groups in total. The molecule has 27 heavy (non-hydrogen) atoms. The number of methoxy groups -OCH3 is 1. The summed E-state index contributed by atoms with van der Waals surface area (Å²) in [7, 11) is 3.32. The molecule has 1 unspecified atom stereocenters. The van der Waals surface area contributed by atoms with Crippen LogP contribution in [0.2, 0.25) is 0 Å². The molecular formula is C20H19N3O3S. The lowest BCUT2D eigenvalue weighted by atomic mass is 10.1. The van der Waals surface area contributed by atoms with E-state index >= 15 is 0 Å². The summed E-state index contributed by atoms with van der Waals surface area (Å²) in [5.74, 6) is 0.222. The minimum atomic E-state index is -0.378. The molecule has 1 fully saturated rings. The van der Waals surface area contributed by atoms with Crippen LogP contribution >= 0.6 is 11.3 Å². The summed E-state index contributed by atoms with van der Waals surface area (Å²) in [4.78, 5) is 33.2. The Morgan fingerprint density at radius 2 is 1.96 bits per heavy atom. The fourth-order valence-corrected chi connectivity index (χ4v) is 4.19. The first kappa shape index (κ1) is 17.5. The number of fused-ring (bicyclic) bond motifs is 1. The Labute approximate surface area is 161 Å². The van der Waals surface area contributed by atoms with Crippen molar-refractivity contribution in [2.75, 3.05) is 30.5 Å². The van der Waals surface area contributed by atoms with Gasteiger partial charge < -0.3 is 9.64 Å². The second-order valence-corrected chi connectivity index (χ2v) is 7.47. The first-order valence-corrected chi connectivity index (χ1v) is 9.46. The molecule has 1 aliphatic heterocycles. The standard InChI is InChI=1S/C20H19N3O3S/c1-22(20-21-16-5-3-4-6-17(16)27-20)19(25)13-11-18(24)23(12-13)14-7-9-15(26-2)10-8-14/h3-10,13H,11-12H2,1-2H3. The molecule has 6 nitrogen and oxygen atoms in total. The number of anilines is 2. The molecule has 2 aromatic carbocycles. The number of amides is 2. The average molecular weight is 381 g/mol. The topological polar surface area (TPSA) is 62.7 Å². The number of carbonyl (C=O) groups is 2. The summed E-state index contributed by atoms with van der Waals surface area (Å²) in [6.07, 6.45) is 0.208. The molecule has 0 bridgehead atoms.